The SMILES string of the molecule is COc1ccc(Cl)cc1NC(=O)CN(C)CC(N)=O. The fourth-order valence-electron chi connectivity index (χ4n) is 1.53. The number of carbonyl (C=O) groups excluding carboxylic acids is 2. The van der Waals surface area contributed by atoms with Crippen molar-refractivity contribution in [3.05, 3.63) is 23.2 Å². The second kappa shape index (κ2) is 6.96. The fraction of sp³-hybridized carbons (Fsp3) is 0.333. The zero-order chi connectivity index (χ0) is 14.4. The molecule has 6 nitrogen and oxygen atoms in total. The van der Waals surface area contributed by atoms with E-state index in [0.717, 1.165) is 0 Å². The van der Waals surface area contributed by atoms with Crippen LogP contribution in [0.25, 0.3) is 0 Å². The Hall–Kier alpha value is -1.79. The van der Waals surface area contributed by atoms with Gasteiger partial charge in [-0.3, -0.25) is 14.5 Å². The van der Waals surface area contributed by atoms with Crippen molar-refractivity contribution < 1.29 is 14.3 Å². The van der Waals surface area contributed by atoms with Crippen LogP contribution in [0.15, 0.2) is 18.2 Å². The monoisotopic (exact) mass is 285 g/mol. The zero-order valence-corrected chi connectivity index (χ0v) is 11.5. The molecule has 19 heavy (non-hydrogen) atoms. The molecule has 7 heteroatoms. The van der Waals surface area contributed by atoms with Crippen LogP contribution < -0.4 is 15.8 Å². The number of nitrogens with one attached hydrogen (secondary N) is 1. The van der Waals surface area contributed by atoms with Gasteiger partial charge in [-0.05, 0) is 25.2 Å². The summed E-state index contributed by atoms with van der Waals surface area (Å²) in [6.45, 7) is 0.0543. The van der Waals surface area contributed by atoms with E-state index in [0.29, 0.717) is 16.5 Å². The van der Waals surface area contributed by atoms with Crippen LogP contribution >= 0.6 is 11.6 Å². The molecule has 3 N–H and O–H groups in total. The molecule has 104 valence electrons. The normalized spacial score (nSPS) is 10.3. The van der Waals surface area contributed by atoms with E-state index in [1.807, 2.05) is 0 Å². The lowest BCUT2D eigenvalue weighted by atomic mass is 10.3. The van der Waals surface area contributed by atoms with E-state index in [-0.39, 0.29) is 19.0 Å². The van der Waals surface area contributed by atoms with E-state index in [9.17, 15) is 9.59 Å². The molecule has 0 heterocycles. The smallest absolute Gasteiger partial charge is 0.238 e. The molecule has 0 saturated carbocycles. The Morgan fingerprint density at radius 2 is 2.11 bits per heavy atom. The Kier molecular flexibility index (Phi) is 5.59. The van der Waals surface area contributed by atoms with Gasteiger partial charge in [-0.2, -0.15) is 0 Å². The minimum Gasteiger partial charge on any atom is -0.495 e. The molecule has 0 aliphatic rings. The van der Waals surface area contributed by atoms with Gasteiger partial charge in [0.15, 0.2) is 0 Å². The van der Waals surface area contributed by atoms with Crippen LogP contribution in [0.2, 0.25) is 5.02 Å². The number of amides is 2. The van der Waals surface area contributed by atoms with Gasteiger partial charge in [0.25, 0.3) is 0 Å². The number of anilines is 1. The van der Waals surface area contributed by atoms with E-state index in [4.69, 9.17) is 22.1 Å². The maximum atomic E-state index is 11.8. The number of hydrogen-bond donors (Lipinski definition) is 2. The number of methoxy groups -OCH3 is 1. The zero-order valence-electron chi connectivity index (χ0n) is 10.8. The van der Waals surface area contributed by atoms with Gasteiger partial charge in [0.05, 0.1) is 25.9 Å². The summed E-state index contributed by atoms with van der Waals surface area (Å²) in [5.41, 5.74) is 5.52. The van der Waals surface area contributed by atoms with Crippen molar-refractivity contribution >= 4 is 29.1 Å². The predicted molar refractivity (Wildman–Crippen MR) is 73.3 cm³/mol. The second-order valence-corrected chi connectivity index (χ2v) is 4.47. The summed E-state index contributed by atoms with van der Waals surface area (Å²) in [5, 5.41) is 3.15. The maximum Gasteiger partial charge on any atom is 0.238 e. The number of rotatable bonds is 6. The van der Waals surface area contributed by atoms with Gasteiger partial charge in [-0.1, -0.05) is 11.6 Å². The Morgan fingerprint density at radius 1 is 1.42 bits per heavy atom. The molecular weight excluding hydrogens is 270 g/mol. The Labute approximate surface area is 116 Å². The maximum absolute atomic E-state index is 11.8. The molecule has 0 aliphatic heterocycles. The van der Waals surface area contributed by atoms with Gasteiger partial charge in [0.1, 0.15) is 5.75 Å². The van der Waals surface area contributed by atoms with Gasteiger partial charge < -0.3 is 15.8 Å². The van der Waals surface area contributed by atoms with Crippen LogP contribution in [0.4, 0.5) is 5.69 Å². The summed E-state index contributed by atoms with van der Waals surface area (Å²) in [6, 6.07) is 4.91. The topological polar surface area (TPSA) is 84.7 Å². The molecule has 0 radical (unpaired) electrons. The average molecular weight is 286 g/mol. The first-order valence-corrected chi connectivity index (χ1v) is 5.90. The van der Waals surface area contributed by atoms with Gasteiger partial charge in [0, 0.05) is 5.02 Å². The lowest BCUT2D eigenvalue weighted by Gasteiger charge is -2.15. The minimum atomic E-state index is -0.490. The summed E-state index contributed by atoms with van der Waals surface area (Å²) >= 11 is 5.85. The van der Waals surface area contributed by atoms with E-state index in [1.54, 1.807) is 25.2 Å². The molecule has 1 aromatic rings. The average Bonchev–Trinajstić information content (AvgIpc) is 2.27. The molecule has 1 rings (SSSR count). The third-order valence-corrected chi connectivity index (χ3v) is 2.51. The molecule has 2 amide bonds. The number of hydrogen-bond acceptors (Lipinski definition) is 4. The van der Waals surface area contributed by atoms with Crippen molar-refractivity contribution in [3.8, 4) is 5.75 Å². The van der Waals surface area contributed by atoms with Crippen molar-refractivity contribution in [2.24, 2.45) is 5.73 Å². The molecule has 0 fully saturated rings. The van der Waals surface area contributed by atoms with E-state index in [2.05, 4.69) is 5.32 Å². The number of ether oxygens (including phenoxy) is 1. The van der Waals surface area contributed by atoms with Gasteiger partial charge in [-0.15, -0.1) is 0 Å². The lowest BCUT2D eigenvalue weighted by Crippen LogP contribution is -2.36. The Morgan fingerprint density at radius 3 is 2.68 bits per heavy atom. The first-order chi connectivity index (χ1) is 8.92. The Balaban J connectivity index is 2.66. The molecule has 0 spiro atoms. The summed E-state index contributed by atoms with van der Waals surface area (Å²) in [4.78, 5) is 24.0. The van der Waals surface area contributed by atoms with Crippen LogP contribution in [0.1, 0.15) is 0 Å². The quantitative estimate of drug-likeness (QED) is 0.806. The number of primary amides is 1. The highest BCUT2D eigenvalue weighted by molar-refractivity contribution is 6.31. The predicted octanol–water partition coefficient (Wildman–Crippen LogP) is 0.704. The van der Waals surface area contributed by atoms with Crippen LogP contribution in [0, 0.1) is 0 Å². The number of benzene rings is 1. The van der Waals surface area contributed by atoms with Crippen LogP contribution in [0.5, 0.6) is 5.75 Å². The second-order valence-electron chi connectivity index (χ2n) is 4.03. The standard InChI is InChI=1S/C12H16ClN3O3/c1-16(6-11(14)17)7-12(18)15-9-5-8(13)3-4-10(9)19-2/h3-5H,6-7H2,1-2H3,(H2,14,17)(H,15,18). The number of carbonyl (C=O) groups is 2. The molecule has 0 aliphatic carbocycles. The van der Waals surface area contributed by atoms with Crippen LogP contribution in [-0.2, 0) is 9.59 Å². The minimum absolute atomic E-state index is 0.0140. The van der Waals surface area contributed by atoms with Crippen molar-refractivity contribution in [3.63, 3.8) is 0 Å². The summed E-state index contributed by atoms with van der Waals surface area (Å²) < 4.78 is 5.11. The van der Waals surface area contributed by atoms with E-state index in [1.165, 1.54) is 12.0 Å². The highest BCUT2D eigenvalue weighted by Gasteiger charge is 2.11. The summed E-state index contributed by atoms with van der Waals surface area (Å²) in [7, 11) is 3.12. The third kappa shape index (κ3) is 5.15. The van der Waals surface area contributed by atoms with Crippen LogP contribution in [0.3, 0.4) is 0 Å². The molecule has 1 aromatic carbocycles. The van der Waals surface area contributed by atoms with Gasteiger partial charge in [0.2, 0.25) is 11.8 Å². The molecule has 0 saturated heterocycles. The molecular formula is C12H16ClN3O3. The summed E-state index contributed by atoms with van der Waals surface area (Å²) in [6.07, 6.45) is 0. The fourth-order valence-corrected chi connectivity index (χ4v) is 1.71. The molecule has 0 unspecified atom stereocenters. The highest BCUT2D eigenvalue weighted by Crippen LogP contribution is 2.27. The first kappa shape index (κ1) is 15.3. The van der Waals surface area contributed by atoms with Crippen molar-refractivity contribution in [1.29, 1.82) is 0 Å². The number of likely N-dealkylation sites (N-methyl/N-ethyl adjacent to an activating group) is 1. The molecule has 0 bridgehead atoms. The number of nitrogens with zero attached hydrogens (tertiary/aromatic N) is 1. The highest BCUT2D eigenvalue weighted by atomic mass is 35.5. The van der Waals surface area contributed by atoms with E-state index < -0.39 is 5.91 Å². The summed E-state index contributed by atoms with van der Waals surface area (Å²) in [5.74, 6) is -0.268. The Bertz CT molecular complexity index is 479. The number of nitrogens with two attached hydrogens (primary N) is 1. The van der Waals surface area contributed by atoms with Gasteiger partial charge >= 0.3 is 0 Å². The van der Waals surface area contributed by atoms with Crippen LogP contribution in [-0.4, -0.2) is 44.0 Å². The third-order valence-electron chi connectivity index (χ3n) is 2.27. The largest absolute Gasteiger partial charge is 0.495 e. The van der Waals surface area contributed by atoms with Crippen molar-refractivity contribution in [2.75, 3.05) is 32.6 Å². The van der Waals surface area contributed by atoms with E-state index >= 15 is 0 Å². The molecule has 0 aromatic heterocycles. The molecule has 0 atom stereocenters. The van der Waals surface area contributed by atoms with Crippen molar-refractivity contribution in [1.82, 2.24) is 4.90 Å². The first-order valence-electron chi connectivity index (χ1n) is 5.52. The van der Waals surface area contributed by atoms with Gasteiger partial charge in [-0.25, -0.2) is 0 Å². The van der Waals surface area contributed by atoms with Crippen molar-refractivity contribution in [2.45, 2.75) is 0 Å². The lowest BCUT2D eigenvalue weighted by molar-refractivity contribution is -0.120. The number of halogens is 1.